The van der Waals surface area contributed by atoms with Crippen molar-refractivity contribution in [3.63, 3.8) is 0 Å². The summed E-state index contributed by atoms with van der Waals surface area (Å²) in [7, 11) is 0. The molecule has 8 rings (SSSR count). The number of anilines is 3. The Morgan fingerprint density at radius 3 is 2.50 bits per heavy atom. The zero-order valence-electron chi connectivity index (χ0n) is 30.7. The predicted molar refractivity (Wildman–Crippen MR) is 193 cm³/mol. The van der Waals surface area contributed by atoms with Crippen LogP contribution in [-0.2, 0) is 10.2 Å². The maximum Gasteiger partial charge on any atom is 0.251 e. The molecule has 274 valence electrons. The lowest BCUT2D eigenvalue weighted by molar-refractivity contribution is -0.124. The van der Waals surface area contributed by atoms with E-state index in [9.17, 15) is 9.59 Å². The lowest BCUT2D eigenvalue weighted by atomic mass is 9.71. The third-order valence-corrected chi connectivity index (χ3v) is 12.0. The van der Waals surface area contributed by atoms with E-state index in [4.69, 9.17) is 4.98 Å². The minimum Gasteiger partial charge on any atom is -0.352 e. The molecule has 1 saturated heterocycles. The molecule has 2 saturated carbocycles. The van der Waals surface area contributed by atoms with E-state index in [2.05, 4.69) is 32.4 Å². The highest BCUT2D eigenvalue weighted by atomic mass is 19.2. The minimum atomic E-state index is -1.18. The molecule has 2 atom stereocenters. The van der Waals surface area contributed by atoms with Crippen molar-refractivity contribution in [2.75, 3.05) is 29.9 Å². The number of halogens is 3. The van der Waals surface area contributed by atoms with Crippen LogP contribution in [0.2, 0.25) is 0 Å². The molecule has 0 spiro atoms. The van der Waals surface area contributed by atoms with Gasteiger partial charge in [-0.25, -0.2) is 23.7 Å². The van der Waals surface area contributed by atoms with Gasteiger partial charge in [-0.05, 0) is 111 Å². The van der Waals surface area contributed by atoms with Gasteiger partial charge in [-0.15, -0.1) is 0 Å². The maximum atomic E-state index is 16.2. The van der Waals surface area contributed by atoms with Gasteiger partial charge in [0, 0.05) is 41.8 Å². The fraction of sp³-hybridized carbons (Fsp3) is 0.513. The Bertz CT molecular complexity index is 2160. The van der Waals surface area contributed by atoms with E-state index in [1.54, 1.807) is 39.2 Å². The van der Waals surface area contributed by atoms with Crippen molar-refractivity contribution in [2.24, 2.45) is 11.8 Å². The average Bonchev–Trinajstić information content (AvgIpc) is 3.69. The van der Waals surface area contributed by atoms with E-state index in [0.717, 1.165) is 37.8 Å². The molecule has 2 aliphatic heterocycles. The molecule has 1 aromatic carbocycles. The second-order valence-electron chi connectivity index (χ2n) is 16.2. The van der Waals surface area contributed by atoms with Crippen LogP contribution >= 0.6 is 0 Å². The van der Waals surface area contributed by atoms with Crippen LogP contribution in [0.4, 0.5) is 30.4 Å². The number of imidazole rings is 1. The van der Waals surface area contributed by atoms with Gasteiger partial charge in [-0.1, -0.05) is 0 Å². The van der Waals surface area contributed by atoms with Gasteiger partial charge in [0.2, 0.25) is 11.9 Å². The topological polar surface area (TPSA) is 108 Å². The highest BCUT2D eigenvalue weighted by Gasteiger charge is 2.56. The van der Waals surface area contributed by atoms with E-state index < -0.39 is 28.9 Å². The number of rotatable bonds is 8. The number of benzene rings is 1. The summed E-state index contributed by atoms with van der Waals surface area (Å²) < 4.78 is 48.8. The van der Waals surface area contributed by atoms with E-state index in [1.165, 1.54) is 25.8 Å². The van der Waals surface area contributed by atoms with Crippen molar-refractivity contribution in [1.82, 2.24) is 29.7 Å². The largest absolute Gasteiger partial charge is 0.352 e. The van der Waals surface area contributed by atoms with Gasteiger partial charge in [0.05, 0.1) is 45.6 Å². The lowest BCUT2D eigenvalue weighted by Gasteiger charge is -2.55. The molecule has 3 aromatic heterocycles. The normalized spacial score (nSPS) is 24.9. The number of nitrogens with zero attached hydrogens (tertiary/aromatic N) is 6. The van der Waals surface area contributed by atoms with E-state index >= 15 is 13.2 Å². The molecule has 13 heteroatoms. The number of nitrogens with one attached hydrogen (secondary N) is 2. The van der Waals surface area contributed by atoms with Crippen LogP contribution in [-0.4, -0.2) is 67.4 Å². The Kier molecular flexibility index (Phi) is 7.98. The molecule has 0 radical (unpaired) electrons. The van der Waals surface area contributed by atoms with Crippen LogP contribution in [0, 0.1) is 36.3 Å². The second-order valence-corrected chi connectivity index (χ2v) is 16.2. The van der Waals surface area contributed by atoms with E-state index in [1.807, 2.05) is 23.3 Å². The fourth-order valence-corrected chi connectivity index (χ4v) is 8.75. The van der Waals surface area contributed by atoms with Crippen molar-refractivity contribution in [3.8, 4) is 11.3 Å². The summed E-state index contributed by atoms with van der Waals surface area (Å²) in [5, 5.41) is 5.55. The van der Waals surface area contributed by atoms with Crippen LogP contribution < -0.4 is 15.5 Å². The van der Waals surface area contributed by atoms with Gasteiger partial charge >= 0.3 is 0 Å². The van der Waals surface area contributed by atoms with Crippen LogP contribution in [0.1, 0.15) is 94.9 Å². The standard InChI is InChI=1S/C39H45F3N8O2/c1-8-43-36(51)24-12-27(31(41)30(40)20(24)4)46-35-32-28(44-18-49(32)19(2)3)14-26(45-35)25-13-29-33(47-34(25)42)38(5,6)37(52)50(29)23-15-39(7,16-23)48-10-9-21-11-22(21)17-48/h12-14,18-19,21-23H,8-11,15-17H2,1-7H3,(H,43,51)(H,45,46)/t21?,22-,23?,39?/m0/s1. The monoisotopic (exact) mass is 714 g/mol. The Hall–Kier alpha value is -4.52. The van der Waals surface area contributed by atoms with Crippen molar-refractivity contribution in [2.45, 2.75) is 97.2 Å². The summed E-state index contributed by atoms with van der Waals surface area (Å²) >= 11 is 0. The Balaban J connectivity index is 1.20. The van der Waals surface area contributed by atoms with Gasteiger partial charge in [0.25, 0.3) is 5.91 Å². The first kappa shape index (κ1) is 34.6. The number of hydrogen-bond donors (Lipinski definition) is 2. The SMILES string of the molecule is CCNC(=O)c1cc(Nc2nc(-c3cc4c(nc3F)C(C)(C)C(=O)N4C3CC(C)(N4CCC5C[C@H]5C4)C3)cc3ncn(C(C)C)c23)c(F)c(F)c1C. The zero-order valence-corrected chi connectivity index (χ0v) is 30.7. The molecular weight excluding hydrogens is 669 g/mol. The number of fused-ring (bicyclic) bond motifs is 3. The summed E-state index contributed by atoms with van der Waals surface area (Å²) in [5.41, 5.74) is 0.567. The quantitative estimate of drug-likeness (QED) is 0.186. The molecule has 4 aliphatic rings. The first-order valence-electron chi connectivity index (χ1n) is 18.3. The number of piperidine rings is 1. The van der Waals surface area contributed by atoms with Crippen molar-refractivity contribution >= 4 is 40.0 Å². The van der Waals surface area contributed by atoms with E-state index in [0.29, 0.717) is 29.0 Å². The third kappa shape index (κ3) is 5.29. The minimum absolute atomic E-state index is 0.00585. The molecule has 1 unspecified atom stereocenters. The Morgan fingerprint density at radius 1 is 1.06 bits per heavy atom. The fourth-order valence-electron chi connectivity index (χ4n) is 8.75. The summed E-state index contributed by atoms with van der Waals surface area (Å²) in [6.07, 6.45) is 5.81. The molecule has 2 amide bonds. The number of amides is 2. The number of aromatic nitrogens is 4. The molecule has 2 aliphatic carbocycles. The molecule has 2 N–H and O–H groups in total. The smallest absolute Gasteiger partial charge is 0.251 e. The van der Waals surface area contributed by atoms with Crippen LogP contribution in [0.3, 0.4) is 0 Å². The molecule has 10 nitrogen and oxygen atoms in total. The summed E-state index contributed by atoms with van der Waals surface area (Å²) in [6, 6.07) is 4.38. The molecular formula is C39H45F3N8O2. The summed E-state index contributed by atoms with van der Waals surface area (Å²) in [4.78, 5) is 45.0. The Morgan fingerprint density at radius 2 is 1.81 bits per heavy atom. The van der Waals surface area contributed by atoms with E-state index in [-0.39, 0.29) is 57.4 Å². The van der Waals surface area contributed by atoms with Crippen LogP contribution in [0.25, 0.3) is 22.3 Å². The molecule has 3 fully saturated rings. The number of likely N-dealkylation sites (tertiary alicyclic amines) is 1. The first-order chi connectivity index (χ1) is 24.6. The zero-order chi connectivity index (χ0) is 37.0. The Labute approximate surface area is 301 Å². The van der Waals surface area contributed by atoms with Gasteiger partial charge in [-0.2, -0.15) is 4.39 Å². The van der Waals surface area contributed by atoms with Crippen molar-refractivity contribution in [3.05, 3.63) is 58.9 Å². The first-order valence-corrected chi connectivity index (χ1v) is 18.3. The highest BCUT2D eigenvalue weighted by molar-refractivity contribution is 6.08. The number of pyridine rings is 2. The molecule has 52 heavy (non-hydrogen) atoms. The van der Waals surface area contributed by atoms with Crippen LogP contribution in [0.5, 0.6) is 0 Å². The average molecular weight is 715 g/mol. The summed E-state index contributed by atoms with van der Waals surface area (Å²) in [6.45, 7) is 15.3. The maximum absolute atomic E-state index is 16.2. The van der Waals surface area contributed by atoms with Gasteiger partial charge in [0.15, 0.2) is 17.5 Å². The van der Waals surface area contributed by atoms with Gasteiger partial charge < -0.3 is 20.1 Å². The van der Waals surface area contributed by atoms with Gasteiger partial charge in [0.1, 0.15) is 5.52 Å². The van der Waals surface area contributed by atoms with Crippen molar-refractivity contribution in [1.29, 1.82) is 0 Å². The van der Waals surface area contributed by atoms with Crippen LogP contribution in [0.15, 0.2) is 24.5 Å². The lowest BCUT2D eigenvalue weighted by Crippen LogP contribution is -2.64. The second kappa shape index (κ2) is 12.0. The molecule has 4 aromatic rings. The highest BCUT2D eigenvalue weighted by Crippen LogP contribution is 2.53. The number of hydrogen-bond acceptors (Lipinski definition) is 7. The molecule has 5 heterocycles. The predicted octanol–water partition coefficient (Wildman–Crippen LogP) is 7.18. The number of carbonyl (C=O) groups is 2. The van der Waals surface area contributed by atoms with Crippen molar-refractivity contribution < 1.29 is 22.8 Å². The summed E-state index contributed by atoms with van der Waals surface area (Å²) in [5.74, 6) is -2.04. The molecule has 0 bridgehead atoms. The van der Waals surface area contributed by atoms with Gasteiger partial charge in [-0.3, -0.25) is 14.5 Å². The number of carbonyl (C=O) groups excluding carboxylic acids is 2. The third-order valence-electron chi connectivity index (χ3n) is 12.0.